The number of alkyl halides is 3. The van der Waals surface area contributed by atoms with Gasteiger partial charge in [-0.1, -0.05) is 46.6 Å². The molecule has 0 saturated heterocycles. The lowest BCUT2D eigenvalue weighted by atomic mass is 10.0. The minimum absolute atomic E-state index is 0.00328. The van der Waals surface area contributed by atoms with E-state index in [4.69, 9.17) is 28.0 Å². The second-order valence-corrected chi connectivity index (χ2v) is 4.52. The molecule has 1 rings (SSSR count). The molecule has 0 atom stereocenters. The van der Waals surface area contributed by atoms with Crippen LogP contribution in [0.25, 0.3) is 0 Å². The zero-order chi connectivity index (χ0) is 14.5. The van der Waals surface area contributed by atoms with Crippen LogP contribution in [-0.2, 0) is 11.0 Å². The van der Waals surface area contributed by atoms with Crippen molar-refractivity contribution >= 4 is 28.9 Å². The average molecular weight is 312 g/mol. The smallest absolute Gasteiger partial charge is 0.391 e. The van der Waals surface area contributed by atoms with E-state index in [1.54, 1.807) is 0 Å². The molecule has 0 aliphatic heterocycles. The van der Waals surface area contributed by atoms with Crippen LogP contribution in [0.15, 0.2) is 40.0 Å². The van der Waals surface area contributed by atoms with Crippen LogP contribution in [0, 0.1) is 0 Å². The zero-order valence-electron chi connectivity index (χ0n) is 9.84. The van der Waals surface area contributed by atoms with Gasteiger partial charge in [0, 0.05) is 5.56 Å². The molecule has 0 heterocycles. The molecule has 0 fully saturated rings. The maximum atomic E-state index is 12.8. The minimum Gasteiger partial charge on any atom is -0.391 e. The largest absolute Gasteiger partial charge is 0.417 e. The van der Waals surface area contributed by atoms with Crippen molar-refractivity contribution in [2.24, 2.45) is 5.16 Å². The molecule has 0 spiro atoms. The van der Waals surface area contributed by atoms with Gasteiger partial charge in [0.15, 0.2) is 0 Å². The first-order chi connectivity index (χ1) is 8.82. The normalized spacial score (nSPS) is 12.2. The standard InChI is InChI=1S/C12H10Cl2F3NO/c1-8(18-19-7-6-11(13)14)9-4-2-3-5-10(9)12(15,16)17/h2-6H,7H2,1H3. The Kier molecular flexibility index (Phi) is 5.69. The summed E-state index contributed by atoms with van der Waals surface area (Å²) in [7, 11) is 0. The number of halogens is 5. The summed E-state index contributed by atoms with van der Waals surface area (Å²) in [6, 6.07) is 5.13. The Hall–Kier alpha value is -1.20. The summed E-state index contributed by atoms with van der Waals surface area (Å²) in [5, 5.41) is 3.60. The summed E-state index contributed by atoms with van der Waals surface area (Å²) in [6.45, 7) is 1.41. The highest BCUT2D eigenvalue weighted by molar-refractivity contribution is 6.55. The fourth-order valence-corrected chi connectivity index (χ4v) is 1.46. The van der Waals surface area contributed by atoms with Crippen molar-refractivity contribution in [3.63, 3.8) is 0 Å². The van der Waals surface area contributed by atoms with Gasteiger partial charge in [-0.3, -0.25) is 0 Å². The quantitative estimate of drug-likeness (QED) is 0.446. The molecule has 19 heavy (non-hydrogen) atoms. The number of nitrogens with zero attached hydrogens (tertiary/aromatic N) is 1. The van der Waals surface area contributed by atoms with Gasteiger partial charge < -0.3 is 4.84 Å². The van der Waals surface area contributed by atoms with Crippen LogP contribution in [0.4, 0.5) is 13.2 Å². The number of hydrogen-bond donors (Lipinski definition) is 0. The number of rotatable bonds is 4. The molecule has 0 amide bonds. The van der Waals surface area contributed by atoms with Gasteiger partial charge in [0.25, 0.3) is 0 Å². The van der Waals surface area contributed by atoms with E-state index in [1.165, 1.54) is 31.2 Å². The van der Waals surface area contributed by atoms with E-state index in [0.717, 1.165) is 6.07 Å². The number of hydrogen-bond acceptors (Lipinski definition) is 2. The molecule has 2 nitrogen and oxygen atoms in total. The molecule has 0 bridgehead atoms. The van der Waals surface area contributed by atoms with Crippen molar-refractivity contribution in [1.82, 2.24) is 0 Å². The molecule has 0 N–H and O–H groups in total. The summed E-state index contributed by atoms with van der Waals surface area (Å²) in [5.41, 5.74) is -0.672. The topological polar surface area (TPSA) is 21.6 Å². The van der Waals surface area contributed by atoms with E-state index in [9.17, 15) is 13.2 Å². The van der Waals surface area contributed by atoms with E-state index in [-0.39, 0.29) is 22.4 Å². The first-order valence-electron chi connectivity index (χ1n) is 5.16. The molecule has 0 unspecified atom stereocenters. The zero-order valence-corrected chi connectivity index (χ0v) is 11.4. The van der Waals surface area contributed by atoms with Crippen LogP contribution in [0.1, 0.15) is 18.1 Å². The highest BCUT2D eigenvalue weighted by Gasteiger charge is 2.33. The summed E-state index contributed by atoms with van der Waals surface area (Å²) < 4.78 is 38.3. The van der Waals surface area contributed by atoms with Crippen molar-refractivity contribution < 1.29 is 18.0 Å². The number of benzene rings is 1. The summed E-state index contributed by atoms with van der Waals surface area (Å²) >= 11 is 10.7. The maximum absolute atomic E-state index is 12.8. The van der Waals surface area contributed by atoms with Crippen LogP contribution in [0.3, 0.4) is 0 Å². The lowest BCUT2D eigenvalue weighted by molar-refractivity contribution is -0.137. The van der Waals surface area contributed by atoms with Gasteiger partial charge in [0.2, 0.25) is 0 Å². The fourth-order valence-electron chi connectivity index (χ4n) is 1.33. The molecule has 0 aliphatic rings. The Morgan fingerprint density at radius 2 is 1.95 bits per heavy atom. The van der Waals surface area contributed by atoms with Gasteiger partial charge in [-0.05, 0) is 19.1 Å². The third-order valence-corrected chi connectivity index (χ3v) is 2.44. The molecule has 1 aromatic carbocycles. The van der Waals surface area contributed by atoms with E-state index < -0.39 is 11.7 Å². The van der Waals surface area contributed by atoms with Crippen LogP contribution < -0.4 is 0 Å². The van der Waals surface area contributed by atoms with Crippen molar-refractivity contribution in [3.05, 3.63) is 46.0 Å². The SMILES string of the molecule is CC(=NOCC=C(Cl)Cl)c1ccccc1C(F)(F)F. The molecular weight excluding hydrogens is 302 g/mol. The van der Waals surface area contributed by atoms with Gasteiger partial charge in [0.05, 0.1) is 11.3 Å². The molecule has 0 saturated carbocycles. The summed E-state index contributed by atoms with van der Waals surface area (Å²) in [6.07, 6.45) is -3.11. The molecule has 0 aliphatic carbocycles. The Balaban J connectivity index is 2.91. The summed E-state index contributed by atoms with van der Waals surface area (Å²) in [5.74, 6) is 0. The van der Waals surface area contributed by atoms with Crippen LogP contribution >= 0.6 is 23.2 Å². The fraction of sp³-hybridized carbons (Fsp3) is 0.250. The number of oxime groups is 1. The van der Waals surface area contributed by atoms with E-state index >= 15 is 0 Å². The second kappa shape index (κ2) is 6.82. The third kappa shape index (κ3) is 5.12. The molecule has 104 valence electrons. The molecule has 0 aromatic heterocycles. The Labute approximate surface area is 118 Å². The monoisotopic (exact) mass is 311 g/mol. The van der Waals surface area contributed by atoms with Crippen molar-refractivity contribution in [2.75, 3.05) is 6.61 Å². The van der Waals surface area contributed by atoms with Crippen molar-refractivity contribution in [3.8, 4) is 0 Å². The molecule has 7 heteroatoms. The van der Waals surface area contributed by atoms with Gasteiger partial charge in [-0.15, -0.1) is 0 Å². The van der Waals surface area contributed by atoms with Crippen LogP contribution in [-0.4, -0.2) is 12.3 Å². The minimum atomic E-state index is -4.44. The van der Waals surface area contributed by atoms with Gasteiger partial charge in [-0.2, -0.15) is 13.2 Å². The van der Waals surface area contributed by atoms with Crippen LogP contribution in [0.5, 0.6) is 0 Å². The lowest BCUT2D eigenvalue weighted by Crippen LogP contribution is -2.12. The van der Waals surface area contributed by atoms with Crippen molar-refractivity contribution in [1.29, 1.82) is 0 Å². The third-order valence-electron chi connectivity index (χ3n) is 2.14. The summed E-state index contributed by atoms with van der Waals surface area (Å²) in [4.78, 5) is 4.80. The van der Waals surface area contributed by atoms with Gasteiger partial charge >= 0.3 is 6.18 Å². The second-order valence-electron chi connectivity index (χ2n) is 3.51. The highest BCUT2D eigenvalue weighted by Crippen LogP contribution is 2.32. The van der Waals surface area contributed by atoms with E-state index in [2.05, 4.69) is 5.16 Å². The Morgan fingerprint density at radius 1 is 1.32 bits per heavy atom. The Bertz CT molecular complexity index is 494. The first kappa shape index (κ1) is 15.9. The Morgan fingerprint density at radius 3 is 2.53 bits per heavy atom. The van der Waals surface area contributed by atoms with Crippen LogP contribution in [0.2, 0.25) is 0 Å². The van der Waals surface area contributed by atoms with E-state index in [1.807, 2.05) is 0 Å². The predicted molar refractivity (Wildman–Crippen MR) is 69.4 cm³/mol. The van der Waals surface area contributed by atoms with Gasteiger partial charge in [-0.25, -0.2) is 0 Å². The first-order valence-corrected chi connectivity index (χ1v) is 5.92. The van der Waals surface area contributed by atoms with Crippen molar-refractivity contribution in [2.45, 2.75) is 13.1 Å². The lowest BCUT2D eigenvalue weighted by Gasteiger charge is -2.11. The molecule has 1 aromatic rings. The van der Waals surface area contributed by atoms with E-state index in [0.29, 0.717) is 0 Å². The molecule has 0 radical (unpaired) electrons. The average Bonchev–Trinajstić information content (AvgIpc) is 2.33. The maximum Gasteiger partial charge on any atom is 0.417 e. The predicted octanol–water partition coefficient (Wildman–Crippen LogP) is 4.77. The van der Waals surface area contributed by atoms with Gasteiger partial charge in [0.1, 0.15) is 11.1 Å². The molecular formula is C12H10Cl2F3NO. The highest BCUT2D eigenvalue weighted by atomic mass is 35.5.